The van der Waals surface area contributed by atoms with E-state index in [-0.39, 0.29) is 24.8 Å². The van der Waals surface area contributed by atoms with Crippen molar-refractivity contribution in [2.75, 3.05) is 7.11 Å². The zero-order chi connectivity index (χ0) is 8.97. The molecular weight excluding hydrogens is 229 g/mol. The first-order chi connectivity index (χ1) is 5.74. The van der Waals surface area contributed by atoms with E-state index in [0.29, 0.717) is 6.42 Å². The van der Waals surface area contributed by atoms with Crippen LogP contribution < -0.4 is 5.73 Å². The highest BCUT2D eigenvalue weighted by Crippen LogP contribution is 1.97. The summed E-state index contributed by atoms with van der Waals surface area (Å²) in [7, 11) is 1.31. The summed E-state index contributed by atoms with van der Waals surface area (Å²) in [6.07, 6.45) is 2.03. The molecule has 0 spiro atoms. The summed E-state index contributed by atoms with van der Waals surface area (Å²) in [4.78, 5) is 10.9. The van der Waals surface area contributed by atoms with Crippen LogP contribution in [-0.2, 0) is 16.0 Å². The van der Waals surface area contributed by atoms with Crippen molar-refractivity contribution in [3.63, 3.8) is 0 Å². The second-order valence-corrected chi connectivity index (χ2v) is 2.42. The molecule has 0 aliphatic rings. The Morgan fingerprint density at radius 1 is 1.71 bits per heavy atom. The molecule has 0 saturated heterocycles. The maximum Gasteiger partial charge on any atom is 0.323 e. The quantitative estimate of drug-likeness (QED) is 0.747. The van der Waals surface area contributed by atoms with E-state index >= 15 is 0 Å². The van der Waals surface area contributed by atoms with E-state index < -0.39 is 12.0 Å². The van der Waals surface area contributed by atoms with Gasteiger partial charge in [-0.25, -0.2) is 0 Å². The summed E-state index contributed by atoms with van der Waals surface area (Å²) < 4.78 is 4.46. The maximum absolute atomic E-state index is 10.9. The number of carbonyl (C=O) groups is 1. The highest BCUT2D eigenvalue weighted by molar-refractivity contribution is 5.85. The zero-order valence-electron chi connectivity index (χ0n) is 7.60. The van der Waals surface area contributed by atoms with Gasteiger partial charge in [0, 0.05) is 18.3 Å². The van der Waals surface area contributed by atoms with Crippen molar-refractivity contribution in [1.82, 2.24) is 10.2 Å². The molecule has 0 amide bonds. The number of hydrogen-bond donors (Lipinski definition) is 2. The molecule has 0 aromatic carbocycles. The second-order valence-electron chi connectivity index (χ2n) is 2.42. The standard InChI is InChI=1S/C7H11N3O2.2ClH/c1-12-7(11)6(8)4-5-2-3-9-10-5;;/h2-3,6H,4,8H2,1H3,(H,9,10);2*1H/t6-;;/m1../s1. The van der Waals surface area contributed by atoms with Crippen LogP contribution in [0.1, 0.15) is 5.69 Å². The first-order valence-electron chi connectivity index (χ1n) is 3.55. The molecule has 1 atom stereocenters. The van der Waals surface area contributed by atoms with E-state index in [2.05, 4.69) is 14.9 Å². The molecule has 14 heavy (non-hydrogen) atoms. The van der Waals surface area contributed by atoms with E-state index in [1.54, 1.807) is 12.3 Å². The number of nitrogens with zero attached hydrogens (tertiary/aromatic N) is 1. The maximum atomic E-state index is 10.9. The molecule has 0 aliphatic heterocycles. The molecule has 0 saturated carbocycles. The number of esters is 1. The number of rotatable bonds is 3. The summed E-state index contributed by atoms with van der Waals surface area (Å²) in [6, 6.07) is 1.15. The van der Waals surface area contributed by atoms with Gasteiger partial charge in [0.2, 0.25) is 0 Å². The van der Waals surface area contributed by atoms with Gasteiger partial charge in [0.25, 0.3) is 0 Å². The van der Waals surface area contributed by atoms with Crippen molar-refractivity contribution in [2.45, 2.75) is 12.5 Å². The van der Waals surface area contributed by atoms with Crippen LogP contribution in [0, 0.1) is 0 Å². The minimum Gasteiger partial charge on any atom is -0.468 e. The van der Waals surface area contributed by atoms with E-state index in [1.807, 2.05) is 0 Å². The van der Waals surface area contributed by atoms with Crippen molar-refractivity contribution in [3.05, 3.63) is 18.0 Å². The summed E-state index contributed by atoms with van der Waals surface area (Å²) in [5, 5.41) is 6.44. The molecule has 0 aliphatic carbocycles. The Hall–Kier alpha value is -0.780. The lowest BCUT2D eigenvalue weighted by Crippen LogP contribution is -2.33. The van der Waals surface area contributed by atoms with Crippen molar-refractivity contribution >= 4 is 30.8 Å². The van der Waals surface area contributed by atoms with Gasteiger partial charge in [-0.3, -0.25) is 9.89 Å². The number of ether oxygens (including phenoxy) is 1. The molecule has 82 valence electrons. The van der Waals surface area contributed by atoms with Crippen LogP contribution in [0.5, 0.6) is 0 Å². The molecule has 5 nitrogen and oxygen atoms in total. The van der Waals surface area contributed by atoms with E-state index in [4.69, 9.17) is 5.73 Å². The van der Waals surface area contributed by atoms with Gasteiger partial charge in [0.1, 0.15) is 6.04 Å². The van der Waals surface area contributed by atoms with Crippen LogP contribution in [-0.4, -0.2) is 29.3 Å². The Kier molecular flexibility index (Phi) is 8.52. The Morgan fingerprint density at radius 2 is 2.36 bits per heavy atom. The third kappa shape index (κ3) is 4.45. The predicted molar refractivity (Wildman–Crippen MR) is 56.8 cm³/mol. The van der Waals surface area contributed by atoms with Crippen LogP contribution in [0.3, 0.4) is 0 Å². The van der Waals surface area contributed by atoms with Gasteiger partial charge in [0.05, 0.1) is 7.11 Å². The molecule has 7 heteroatoms. The summed E-state index contributed by atoms with van der Waals surface area (Å²) in [5.74, 6) is -0.412. The normalized spacial score (nSPS) is 10.7. The molecule has 0 unspecified atom stereocenters. The van der Waals surface area contributed by atoms with Crippen molar-refractivity contribution in [2.24, 2.45) is 5.73 Å². The van der Waals surface area contributed by atoms with E-state index in [1.165, 1.54) is 7.11 Å². The number of aromatic nitrogens is 2. The number of hydrogen-bond acceptors (Lipinski definition) is 4. The fourth-order valence-electron chi connectivity index (χ4n) is 0.870. The van der Waals surface area contributed by atoms with Crippen molar-refractivity contribution in [3.8, 4) is 0 Å². The second kappa shape index (κ2) is 7.61. The highest BCUT2D eigenvalue weighted by atomic mass is 35.5. The number of halogens is 2. The van der Waals surface area contributed by atoms with Crippen molar-refractivity contribution < 1.29 is 9.53 Å². The van der Waals surface area contributed by atoms with Crippen LogP contribution >= 0.6 is 24.8 Å². The molecule has 1 heterocycles. The van der Waals surface area contributed by atoms with E-state index in [9.17, 15) is 4.79 Å². The summed E-state index contributed by atoms with van der Waals surface area (Å²) >= 11 is 0. The lowest BCUT2D eigenvalue weighted by atomic mass is 10.2. The smallest absolute Gasteiger partial charge is 0.323 e. The molecule has 0 bridgehead atoms. The fourth-order valence-corrected chi connectivity index (χ4v) is 0.870. The average molecular weight is 242 g/mol. The lowest BCUT2D eigenvalue weighted by molar-refractivity contribution is -0.142. The monoisotopic (exact) mass is 241 g/mol. The van der Waals surface area contributed by atoms with Gasteiger partial charge >= 0.3 is 5.97 Å². The van der Waals surface area contributed by atoms with Gasteiger partial charge in [-0.05, 0) is 6.07 Å². The van der Waals surface area contributed by atoms with Gasteiger partial charge in [-0.2, -0.15) is 5.10 Å². The van der Waals surface area contributed by atoms with E-state index in [0.717, 1.165) is 5.69 Å². The Balaban J connectivity index is 0. The average Bonchev–Trinajstić information content (AvgIpc) is 2.55. The Labute approximate surface area is 94.2 Å². The minimum absolute atomic E-state index is 0. The number of H-pyrrole nitrogens is 1. The van der Waals surface area contributed by atoms with Gasteiger partial charge in [-0.15, -0.1) is 24.8 Å². The first-order valence-corrected chi connectivity index (χ1v) is 3.55. The predicted octanol–water partition coefficient (Wildman–Crippen LogP) is 0.296. The Bertz CT molecular complexity index is 253. The van der Waals surface area contributed by atoms with Gasteiger partial charge < -0.3 is 10.5 Å². The van der Waals surface area contributed by atoms with Gasteiger partial charge in [0.15, 0.2) is 0 Å². The van der Waals surface area contributed by atoms with Crippen LogP contribution in [0.4, 0.5) is 0 Å². The third-order valence-corrected chi connectivity index (χ3v) is 1.50. The number of nitrogens with one attached hydrogen (secondary N) is 1. The number of carbonyl (C=O) groups excluding carboxylic acids is 1. The lowest BCUT2D eigenvalue weighted by Gasteiger charge is -2.06. The molecular formula is C7H13Cl2N3O2. The summed E-state index contributed by atoms with van der Waals surface area (Å²) in [5.41, 5.74) is 6.32. The summed E-state index contributed by atoms with van der Waals surface area (Å²) in [6.45, 7) is 0. The third-order valence-electron chi connectivity index (χ3n) is 1.50. The molecule has 1 aromatic heterocycles. The zero-order valence-corrected chi connectivity index (χ0v) is 9.23. The SMILES string of the molecule is COC(=O)[C@H](N)Cc1ccn[nH]1.Cl.Cl. The molecule has 1 rings (SSSR count). The van der Waals surface area contributed by atoms with Crippen LogP contribution in [0.2, 0.25) is 0 Å². The van der Waals surface area contributed by atoms with Crippen LogP contribution in [0.15, 0.2) is 12.3 Å². The molecule has 0 fully saturated rings. The van der Waals surface area contributed by atoms with Crippen LogP contribution in [0.25, 0.3) is 0 Å². The fraction of sp³-hybridized carbons (Fsp3) is 0.429. The topological polar surface area (TPSA) is 81.0 Å². The Morgan fingerprint density at radius 3 is 2.79 bits per heavy atom. The first kappa shape index (κ1) is 15.7. The highest BCUT2D eigenvalue weighted by Gasteiger charge is 2.14. The van der Waals surface area contributed by atoms with Gasteiger partial charge in [-0.1, -0.05) is 0 Å². The number of methoxy groups -OCH3 is 1. The molecule has 3 N–H and O–H groups in total. The number of aromatic amines is 1. The number of nitrogens with two attached hydrogens (primary N) is 1. The largest absolute Gasteiger partial charge is 0.468 e. The molecule has 0 radical (unpaired) electrons. The molecule has 1 aromatic rings. The van der Waals surface area contributed by atoms with Crippen molar-refractivity contribution in [1.29, 1.82) is 0 Å². The minimum atomic E-state index is -0.615.